The van der Waals surface area contributed by atoms with Gasteiger partial charge < -0.3 is 9.73 Å². The molecule has 1 aromatic rings. The largest absolute Gasteiger partial charge is 0.472 e. The van der Waals surface area contributed by atoms with Gasteiger partial charge in [0.15, 0.2) is 0 Å². The van der Waals surface area contributed by atoms with E-state index in [9.17, 15) is 4.79 Å². The number of carbonyl (C=O) groups is 1. The van der Waals surface area contributed by atoms with Gasteiger partial charge >= 0.3 is 0 Å². The van der Waals surface area contributed by atoms with Gasteiger partial charge in [-0.1, -0.05) is 6.42 Å². The SMILES string of the molecule is O=C(NCC1CCC1)c1ccoc1. The Kier molecular flexibility index (Phi) is 2.34. The highest BCUT2D eigenvalue weighted by Gasteiger charge is 2.18. The van der Waals surface area contributed by atoms with Crippen molar-refractivity contribution in [2.45, 2.75) is 19.3 Å². The summed E-state index contributed by atoms with van der Waals surface area (Å²) < 4.78 is 4.82. The lowest BCUT2D eigenvalue weighted by molar-refractivity contribution is 0.0938. The second kappa shape index (κ2) is 3.64. The molecule has 2 rings (SSSR count). The molecule has 0 unspecified atom stereocenters. The third kappa shape index (κ3) is 1.91. The quantitative estimate of drug-likeness (QED) is 0.768. The molecule has 1 aliphatic carbocycles. The number of furan rings is 1. The van der Waals surface area contributed by atoms with Crippen molar-refractivity contribution in [1.82, 2.24) is 5.32 Å². The lowest BCUT2D eigenvalue weighted by Gasteiger charge is -2.25. The van der Waals surface area contributed by atoms with Crippen LogP contribution < -0.4 is 5.32 Å². The second-order valence-electron chi connectivity index (χ2n) is 3.52. The molecule has 3 nitrogen and oxygen atoms in total. The van der Waals surface area contributed by atoms with E-state index in [1.165, 1.54) is 31.8 Å². The molecule has 0 aromatic carbocycles. The minimum atomic E-state index is -0.0272. The number of hydrogen-bond acceptors (Lipinski definition) is 2. The van der Waals surface area contributed by atoms with Crippen LogP contribution in [0.15, 0.2) is 23.0 Å². The fourth-order valence-electron chi connectivity index (χ4n) is 1.43. The van der Waals surface area contributed by atoms with E-state index in [2.05, 4.69) is 5.32 Å². The molecular formula is C10H13NO2. The van der Waals surface area contributed by atoms with Crippen molar-refractivity contribution in [2.24, 2.45) is 5.92 Å². The van der Waals surface area contributed by atoms with Crippen molar-refractivity contribution in [3.8, 4) is 0 Å². The molecule has 1 aromatic heterocycles. The Morgan fingerprint density at radius 2 is 2.46 bits per heavy atom. The summed E-state index contributed by atoms with van der Waals surface area (Å²) in [5.41, 5.74) is 0.610. The molecule has 0 saturated heterocycles. The van der Waals surface area contributed by atoms with Crippen LogP contribution in [0.2, 0.25) is 0 Å². The maximum atomic E-state index is 11.4. The Labute approximate surface area is 77.1 Å². The van der Waals surface area contributed by atoms with Crippen LogP contribution in [0, 0.1) is 5.92 Å². The predicted molar refractivity (Wildman–Crippen MR) is 48.4 cm³/mol. The van der Waals surface area contributed by atoms with Crippen LogP contribution in [0.3, 0.4) is 0 Å². The molecule has 0 spiro atoms. The summed E-state index contributed by atoms with van der Waals surface area (Å²) >= 11 is 0. The van der Waals surface area contributed by atoms with Crippen molar-refractivity contribution < 1.29 is 9.21 Å². The smallest absolute Gasteiger partial charge is 0.254 e. The topological polar surface area (TPSA) is 42.2 Å². The minimum absolute atomic E-state index is 0.0272. The van der Waals surface area contributed by atoms with Gasteiger partial charge in [0, 0.05) is 6.54 Å². The number of amides is 1. The molecule has 0 atom stereocenters. The second-order valence-corrected chi connectivity index (χ2v) is 3.52. The molecule has 1 amide bonds. The van der Waals surface area contributed by atoms with Crippen molar-refractivity contribution in [1.29, 1.82) is 0 Å². The van der Waals surface area contributed by atoms with Crippen molar-refractivity contribution in [3.05, 3.63) is 24.2 Å². The van der Waals surface area contributed by atoms with Gasteiger partial charge in [-0.2, -0.15) is 0 Å². The van der Waals surface area contributed by atoms with E-state index in [1.54, 1.807) is 6.07 Å². The number of carbonyl (C=O) groups excluding carboxylic acids is 1. The van der Waals surface area contributed by atoms with Gasteiger partial charge in [-0.3, -0.25) is 4.79 Å². The fraction of sp³-hybridized carbons (Fsp3) is 0.500. The van der Waals surface area contributed by atoms with Crippen LogP contribution in [0.5, 0.6) is 0 Å². The Balaban J connectivity index is 1.78. The molecule has 1 aliphatic rings. The first-order valence-electron chi connectivity index (χ1n) is 4.66. The van der Waals surface area contributed by atoms with Gasteiger partial charge in [0.25, 0.3) is 5.91 Å². The number of nitrogens with one attached hydrogen (secondary N) is 1. The maximum absolute atomic E-state index is 11.4. The zero-order valence-electron chi connectivity index (χ0n) is 7.45. The Morgan fingerprint density at radius 1 is 1.62 bits per heavy atom. The molecule has 0 bridgehead atoms. The summed E-state index contributed by atoms with van der Waals surface area (Å²) in [6.45, 7) is 0.810. The lowest BCUT2D eigenvalue weighted by Crippen LogP contribution is -2.31. The van der Waals surface area contributed by atoms with E-state index in [0.717, 1.165) is 6.54 Å². The lowest BCUT2D eigenvalue weighted by atomic mass is 9.85. The molecule has 0 radical (unpaired) electrons. The third-order valence-corrected chi connectivity index (χ3v) is 2.56. The summed E-state index contributed by atoms with van der Waals surface area (Å²) in [5.74, 6) is 0.677. The molecular weight excluding hydrogens is 166 g/mol. The van der Waals surface area contributed by atoms with E-state index in [1.807, 2.05) is 0 Å². The predicted octanol–water partition coefficient (Wildman–Crippen LogP) is 1.81. The summed E-state index contributed by atoms with van der Waals surface area (Å²) in [4.78, 5) is 11.4. The Bertz CT molecular complexity index is 275. The standard InChI is InChI=1S/C10H13NO2/c12-10(9-4-5-13-7-9)11-6-8-2-1-3-8/h4-5,7-8H,1-3,6H2,(H,11,12). The van der Waals surface area contributed by atoms with E-state index in [4.69, 9.17) is 4.42 Å². The van der Waals surface area contributed by atoms with Crippen LogP contribution >= 0.6 is 0 Å². The molecule has 0 aliphatic heterocycles. The van der Waals surface area contributed by atoms with E-state index >= 15 is 0 Å². The summed E-state index contributed by atoms with van der Waals surface area (Å²) in [7, 11) is 0. The highest BCUT2D eigenvalue weighted by atomic mass is 16.3. The normalized spacial score (nSPS) is 16.6. The van der Waals surface area contributed by atoms with Crippen molar-refractivity contribution >= 4 is 5.91 Å². The van der Waals surface area contributed by atoms with Gasteiger partial charge in [-0.25, -0.2) is 0 Å². The zero-order valence-corrected chi connectivity index (χ0v) is 7.45. The number of rotatable bonds is 3. The van der Waals surface area contributed by atoms with Crippen LogP contribution in [-0.2, 0) is 0 Å². The first kappa shape index (κ1) is 8.35. The first-order valence-corrected chi connectivity index (χ1v) is 4.66. The molecule has 70 valence electrons. The highest BCUT2D eigenvalue weighted by Crippen LogP contribution is 2.25. The molecule has 1 fully saturated rings. The fourth-order valence-corrected chi connectivity index (χ4v) is 1.43. The van der Waals surface area contributed by atoms with Crippen molar-refractivity contribution in [3.63, 3.8) is 0 Å². The molecule has 13 heavy (non-hydrogen) atoms. The first-order chi connectivity index (χ1) is 6.36. The minimum Gasteiger partial charge on any atom is -0.472 e. The van der Waals surface area contributed by atoms with E-state index < -0.39 is 0 Å². The van der Waals surface area contributed by atoms with Gasteiger partial charge in [-0.15, -0.1) is 0 Å². The van der Waals surface area contributed by atoms with E-state index in [0.29, 0.717) is 11.5 Å². The third-order valence-electron chi connectivity index (χ3n) is 2.56. The average Bonchev–Trinajstić information content (AvgIpc) is 2.52. The molecule has 1 saturated carbocycles. The van der Waals surface area contributed by atoms with E-state index in [-0.39, 0.29) is 5.91 Å². The van der Waals surface area contributed by atoms with Crippen LogP contribution in [-0.4, -0.2) is 12.5 Å². The Morgan fingerprint density at radius 3 is 3.00 bits per heavy atom. The van der Waals surface area contributed by atoms with Crippen molar-refractivity contribution in [2.75, 3.05) is 6.54 Å². The summed E-state index contributed by atoms with van der Waals surface area (Å²) in [5, 5.41) is 2.89. The van der Waals surface area contributed by atoms with Crippen LogP contribution in [0.1, 0.15) is 29.6 Å². The van der Waals surface area contributed by atoms with Gasteiger partial charge in [-0.05, 0) is 24.8 Å². The van der Waals surface area contributed by atoms with Gasteiger partial charge in [0.2, 0.25) is 0 Å². The monoisotopic (exact) mass is 179 g/mol. The molecule has 1 heterocycles. The highest BCUT2D eigenvalue weighted by molar-refractivity contribution is 5.93. The summed E-state index contributed by atoms with van der Waals surface area (Å²) in [6, 6.07) is 1.68. The van der Waals surface area contributed by atoms with Crippen LogP contribution in [0.4, 0.5) is 0 Å². The van der Waals surface area contributed by atoms with Gasteiger partial charge in [0.05, 0.1) is 11.8 Å². The summed E-state index contributed by atoms with van der Waals surface area (Å²) in [6.07, 6.45) is 6.80. The zero-order chi connectivity index (χ0) is 9.10. The maximum Gasteiger partial charge on any atom is 0.254 e. The average molecular weight is 179 g/mol. The Hall–Kier alpha value is -1.25. The molecule has 3 heteroatoms. The van der Waals surface area contributed by atoms with Crippen LogP contribution in [0.25, 0.3) is 0 Å². The number of hydrogen-bond donors (Lipinski definition) is 1. The molecule has 1 N–H and O–H groups in total. The van der Waals surface area contributed by atoms with Gasteiger partial charge in [0.1, 0.15) is 6.26 Å².